The van der Waals surface area contributed by atoms with Crippen molar-refractivity contribution in [1.29, 1.82) is 0 Å². The molecular weight excluding hydrogens is 417 g/mol. The molecule has 164 valence electrons. The SMILES string of the molecule is [C-]#[N+]c1cc(NC(=O)c2c3c(cn2C)C(NC(=O)OCc2ncn(C)n2)CC3)ccc1F. The van der Waals surface area contributed by atoms with Crippen molar-refractivity contribution >= 4 is 23.4 Å². The maximum absolute atomic E-state index is 13.5. The third kappa shape index (κ3) is 4.15. The third-order valence-corrected chi connectivity index (χ3v) is 5.19. The van der Waals surface area contributed by atoms with E-state index in [0.717, 1.165) is 17.2 Å². The van der Waals surface area contributed by atoms with Crippen LogP contribution in [0.1, 0.15) is 39.9 Å². The number of aryl methyl sites for hydroxylation is 2. The number of aromatic nitrogens is 4. The van der Waals surface area contributed by atoms with Crippen LogP contribution in [0.15, 0.2) is 30.7 Å². The van der Waals surface area contributed by atoms with Gasteiger partial charge in [0.15, 0.2) is 12.4 Å². The fraction of sp³-hybridized carbons (Fsp3) is 0.286. The van der Waals surface area contributed by atoms with Crippen LogP contribution in [0.25, 0.3) is 4.85 Å². The molecule has 1 atom stereocenters. The van der Waals surface area contributed by atoms with Crippen molar-refractivity contribution in [2.45, 2.75) is 25.5 Å². The van der Waals surface area contributed by atoms with Gasteiger partial charge in [-0.15, -0.1) is 0 Å². The second-order valence-corrected chi connectivity index (χ2v) is 7.40. The van der Waals surface area contributed by atoms with E-state index in [0.29, 0.717) is 30.0 Å². The van der Waals surface area contributed by atoms with Gasteiger partial charge in [0.05, 0.1) is 12.6 Å². The van der Waals surface area contributed by atoms with E-state index in [9.17, 15) is 14.0 Å². The highest BCUT2D eigenvalue weighted by Crippen LogP contribution is 2.35. The van der Waals surface area contributed by atoms with Crippen LogP contribution in [0.4, 0.5) is 20.6 Å². The summed E-state index contributed by atoms with van der Waals surface area (Å²) in [5.74, 6) is -0.617. The molecule has 2 heterocycles. The lowest BCUT2D eigenvalue weighted by molar-refractivity contribution is 0.101. The molecule has 0 saturated heterocycles. The van der Waals surface area contributed by atoms with E-state index in [4.69, 9.17) is 11.3 Å². The Kier molecular flexibility index (Phi) is 5.59. The standard InChI is InChI=1S/C21H20FN7O3/c1-23-17-8-12(4-6-15(17)22)25-20(30)19-13-5-7-16(14(13)9-28(19)2)26-21(31)32-10-18-24-11-29(3)27-18/h4,6,8-9,11,16H,5,7,10H2,2-3H3,(H,25,30)(H,26,31). The maximum atomic E-state index is 13.5. The van der Waals surface area contributed by atoms with Crippen LogP contribution in [0.3, 0.4) is 0 Å². The molecule has 0 spiro atoms. The van der Waals surface area contributed by atoms with E-state index in [2.05, 4.69) is 25.6 Å². The van der Waals surface area contributed by atoms with Crippen LogP contribution >= 0.6 is 0 Å². The van der Waals surface area contributed by atoms with Crippen molar-refractivity contribution in [2.24, 2.45) is 14.1 Å². The number of halogens is 1. The van der Waals surface area contributed by atoms with Crippen LogP contribution in [0.2, 0.25) is 0 Å². The molecule has 1 aliphatic carbocycles. The number of nitrogens with one attached hydrogen (secondary N) is 2. The zero-order chi connectivity index (χ0) is 22.8. The smallest absolute Gasteiger partial charge is 0.408 e. The minimum absolute atomic E-state index is 0.0427. The second kappa shape index (κ2) is 8.50. The predicted octanol–water partition coefficient (Wildman–Crippen LogP) is 3.01. The van der Waals surface area contributed by atoms with E-state index in [1.165, 1.54) is 23.1 Å². The van der Waals surface area contributed by atoms with Gasteiger partial charge in [0.25, 0.3) is 5.91 Å². The predicted molar refractivity (Wildman–Crippen MR) is 111 cm³/mol. The van der Waals surface area contributed by atoms with E-state index in [1.54, 1.807) is 24.9 Å². The molecule has 4 rings (SSSR count). The summed E-state index contributed by atoms with van der Waals surface area (Å²) in [6.07, 6.45) is 3.95. The van der Waals surface area contributed by atoms with Gasteiger partial charge in [-0.3, -0.25) is 9.48 Å². The number of ether oxygens (including phenoxy) is 1. The van der Waals surface area contributed by atoms with Gasteiger partial charge in [-0.2, -0.15) is 5.10 Å². The molecule has 3 aromatic rings. The first-order chi connectivity index (χ1) is 15.4. The van der Waals surface area contributed by atoms with Gasteiger partial charge in [0, 0.05) is 26.0 Å². The number of hydrogen-bond acceptors (Lipinski definition) is 5. The van der Waals surface area contributed by atoms with Crippen molar-refractivity contribution in [2.75, 3.05) is 5.32 Å². The zero-order valence-corrected chi connectivity index (χ0v) is 17.4. The topological polar surface area (TPSA) is 107 Å². The molecule has 0 bridgehead atoms. The van der Waals surface area contributed by atoms with Gasteiger partial charge in [-0.05, 0) is 42.2 Å². The first-order valence-electron chi connectivity index (χ1n) is 9.80. The molecule has 2 N–H and O–H groups in total. The molecular formula is C21H20FN7O3. The average molecular weight is 437 g/mol. The Labute approximate surface area is 182 Å². The van der Waals surface area contributed by atoms with E-state index in [1.807, 2.05) is 0 Å². The maximum Gasteiger partial charge on any atom is 0.408 e. The lowest BCUT2D eigenvalue weighted by atomic mass is 10.1. The van der Waals surface area contributed by atoms with E-state index in [-0.39, 0.29) is 24.2 Å². The first-order valence-corrected chi connectivity index (χ1v) is 9.80. The number of hydrogen-bond donors (Lipinski definition) is 2. The Morgan fingerprint density at radius 3 is 2.91 bits per heavy atom. The molecule has 0 radical (unpaired) electrons. The Morgan fingerprint density at radius 1 is 1.38 bits per heavy atom. The Morgan fingerprint density at radius 2 is 2.19 bits per heavy atom. The van der Waals surface area contributed by atoms with Gasteiger partial charge in [0.1, 0.15) is 17.8 Å². The molecule has 1 aliphatic rings. The molecule has 0 aliphatic heterocycles. The van der Waals surface area contributed by atoms with Crippen LogP contribution in [0.5, 0.6) is 0 Å². The van der Waals surface area contributed by atoms with Crippen LogP contribution < -0.4 is 10.6 Å². The highest BCUT2D eigenvalue weighted by Gasteiger charge is 2.31. The molecule has 1 aromatic carbocycles. The number of carbonyl (C=O) groups is 2. The summed E-state index contributed by atoms with van der Waals surface area (Å²) >= 11 is 0. The molecule has 1 unspecified atom stereocenters. The van der Waals surface area contributed by atoms with Gasteiger partial charge in [-0.1, -0.05) is 0 Å². The summed E-state index contributed by atoms with van der Waals surface area (Å²) in [6.45, 7) is 6.97. The number of carbonyl (C=O) groups excluding carboxylic acids is 2. The average Bonchev–Trinajstić information content (AvgIpc) is 3.43. The quantitative estimate of drug-likeness (QED) is 0.597. The Hall–Kier alpha value is -4.20. The number of alkyl carbamates (subject to hydrolysis) is 1. The van der Waals surface area contributed by atoms with Crippen molar-refractivity contribution in [3.05, 3.63) is 70.6 Å². The Bertz CT molecular complexity index is 1240. The van der Waals surface area contributed by atoms with Crippen molar-refractivity contribution in [3.63, 3.8) is 0 Å². The highest BCUT2D eigenvalue weighted by atomic mass is 19.1. The molecule has 0 fully saturated rings. The van der Waals surface area contributed by atoms with Crippen LogP contribution in [-0.2, 0) is 31.9 Å². The summed E-state index contributed by atoms with van der Waals surface area (Å²) in [7, 11) is 3.46. The summed E-state index contributed by atoms with van der Waals surface area (Å²) in [4.78, 5) is 32.2. The molecule has 0 saturated carbocycles. The molecule has 10 nitrogen and oxygen atoms in total. The number of anilines is 1. The van der Waals surface area contributed by atoms with Crippen LogP contribution in [0, 0.1) is 12.4 Å². The lowest BCUT2D eigenvalue weighted by Crippen LogP contribution is -2.27. The molecule has 2 amide bonds. The van der Waals surface area contributed by atoms with E-state index >= 15 is 0 Å². The second-order valence-electron chi connectivity index (χ2n) is 7.40. The van der Waals surface area contributed by atoms with Crippen molar-refractivity contribution in [3.8, 4) is 0 Å². The number of rotatable bonds is 5. The number of benzene rings is 1. The normalized spacial score (nSPS) is 14.5. The van der Waals surface area contributed by atoms with E-state index < -0.39 is 11.9 Å². The summed E-state index contributed by atoms with van der Waals surface area (Å²) in [6, 6.07) is 3.55. The zero-order valence-electron chi connectivity index (χ0n) is 17.4. The van der Waals surface area contributed by atoms with Gasteiger partial charge >= 0.3 is 6.09 Å². The van der Waals surface area contributed by atoms with Crippen molar-refractivity contribution in [1.82, 2.24) is 24.6 Å². The summed E-state index contributed by atoms with van der Waals surface area (Å²) < 4.78 is 21.9. The number of fused-ring (bicyclic) bond motifs is 1. The highest BCUT2D eigenvalue weighted by molar-refractivity contribution is 6.05. The summed E-state index contributed by atoms with van der Waals surface area (Å²) in [5, 5.41) is 9.58. The molecule has 2 aromatic heterocycles. The largest absolute Gasteiger partial charge is 0.441 e. The van der Waals surface area contributed by atoms with Crippen LogP contribution in [-0.4, -0.2) is 31.3 Å². The monoisotopic (exact) mass is 437 g/mol. The van der Waals surface area contributed by atoms with Crippen molar-refractivity contribution < 1.29 is 18.7 Å². The molecule has 32 heavy (non-hydrogen) atoms. The minimum atomic E-state index is -0.641. The minimum Gasteiger partial charge on any atom is -0.441 e. The lowest BCUT2D eigenvalue weighted by Gasteiger charge is -2.12. The Balaban J connectivity index is 1.44. The fourth-order valence-electron chi connectivity index (χ4n) is 3.79. The molecule has 11 heteroatoms. The summed E-state index contributed by atoms with van der Waals surface area (Å²) in [5.41, 5.74) is 2.28. The van der Waals surface area contributed by atoms with Gasteiger partial charge in [0.2, 0.25) is 5.69 Å². The first kappa shape index (κ1) is 21.0. The fourth-order valence-corrected chi connectivity index (χ4v) is 3.79. The van der Waals surface area contributed by atoms with Gasteiger partial charge < -0.3 is 19.9 Å². The third-order valence-electron chi connectivity index (χ3n) is 5.19. The number of nitrogens with zero attached hydrogens (tertiary/aromatic N) is 5. The number of amides is 2. The van der Waals surface area contributed by atoms with Gasteiger partial charge in [-0.25, -0.2) is 19.0 Å².